The minimum atomic E-state index is -0.296. The maximum Gasteiger partial charge on any atom is 0.348 e. The molecule has 152 valence electrons. The highest BCUT2D eigenvalue weighted by Crippen LogP contribution is 2.36. The van der Waals surface area contributed by atoms with Crippen molar-refractivity contribution in [2.24, 2.45) is 0 Å². The van der Waals surface area contributed by atoms with Gasteiger partial charge in [0.1, 0.15) is 21.3 Å². The number of aromatic nitrogens is 2. The molecule has 0 radical (unpaired) electrons. The highest BCUT2D eigenvalue weighted by molar-refractivity contribution is 7.20. The topological polar surface area (TPSA) is 61.8 Å². The molecule has 0 N–H and O–H groups in total. The third kappa shape index (κ3) is 3.60. The second kappa shape index (κ2) is 7.93. The van der Waals surface area contributed by atoms with Crippen molar-refractivity contribution in [3.05, 3.63) is 16.3 Å². The standard InChI is InChI=1S/C20H29N5O2S/c1-13-16-18(21-14(2)22-19(16)28-17(13)20(26)27-4)25-10-8-24(9-11-25)15-6-5-7-23(3)12-15/h15H,5-12H2,1-4H3. The average molecular weight is 404 g/mol. The third-order valence-electron chi connectivity index (χ3n) is 5.98. The number of fused-ring (bicyclic) bond motifs is 1. The molecular formula is C20H29N5O2S. The van der Waals surface area contributed by atoms with Crippen molar-refractivity contribution in [2.75, 3.05) is 58.3 Å². The van der Waals surface area contributed by atoms with Crippen LogP contribution in [0, 0.1) is 13.8 Å². The van der Waals surface area contributed by atoms with Crippen molar-refractivity contribution in [3.8, 4) is 0 Å². The zero-order valence-corrected chi connectivity index (χ0v) is 18.0. The van der Waals surface area contributed by atoms with Gasteiger partial charge in [0.2, 0.25) is 0 Å². The van der Waals surface area contributed by atoms with Crippen LogP contribution in [-0.2, 0) is 4.74 Å². The second-order valence-electron chi connectivity index (χ2n) is 7.90. The van der Waals surface area contributed by atoms with Gasteiger partial charge in [0, 0.05) is 38.8 Å². The predicted molar refractivity (Wildman–Crippen MR) is 113 cm³/mol. The number of carbonyl (C=O) groups is 1. The Balaban J connectivity index is 1.58. The predicted octanol–water partition coefficient (Wildman–Crippen LogP) is 2.31. The average Bonchev–Trinajstić information content (AvgIpc) is 3.03. The number of nitrogens with zero attached hydrogens (tertiary/aromatic N) is 5. The molecule has 4 heterocycles. The maximum atomic E-state index is 12.1. The number of hydrogen-bond donors (Lipinski definition) is 0. The van der Waals surface area contributed by atoms with Gasteiger partial charge < -0.3 is 14.5 Å². The number of aryl methyl sites for hydroxylation is 2. The lowest BCUT2D eigenvalue weighted by Crippen LogP contribution is -2.54. The van der Waals surface area contributed by atoms with Gasteiger partial charge in [-0.1, -0.05) is 0 Å². The monoisotopic (exact) mass is 403 g/mol. The van der Waals surface area contributed by atoms with Gasteiger partial charge in [-0.3, -0.25) is 4.90 Å². The van der Waals surface area contributed by atoms with E-state index < -0.39 is 0 Å². The SMILES string of the molecule is COC(=O)c1sc2nc(C)nc(N3CCN(C4CCCN(C)C4)CC3)c2c1C. The number of likely N-dealkylation sites (N-methyl/N-ethyl adjacent to an activating group) is 1. The van der Waals surface area contributed by atoms with Gasteiger partial charge in [-0.05, 0) is 45.8 Å². The van der Waals surface area contributed by atoms with E-state index in [0.717, 1.165) is 53.6 Å². The fourth-order valence-electron chi connectivity index (χ4n) is 4.47. The van der Waals surface area contributed by atoms with Crippen LogP contribution in [-0.4, -0.2) is 85.2 Å². The zero-order chi connectivity index (χ0) is 19.8. The second-order valence-corrected chi connectivity index (χ2v) is 8.90. The molecule has 0 bridgehead atoms. The summed E-state index contributed by atoms with van der Waals surface area (Å²) in [6.45, 7) is 10.3. The number of hydrogen-bond acceptors (Lipinski definition) is 8. The van der Waals surface area contributed by atoms with E-state index in [1.807, 2.05) is 13.8 Å². The summed E-state index contributed by atoms with van der Waals surface area (Å²) in [5.74, 6) is 1.42. The van der Waals surface area contributed by atoms with Crippen LogP contribution in [0.25, 0.3) is 10.2 Å². The van der Waals surface area contributed by atoms with E-state index in [-0.39, 0.29) is 5.97 Å². The van der Waals surface area contributed by atoms with Crippen LogP contribution in [0.4, 0.5) is 5.82 Å². The fraction of sp³-hybridized carbons (Fsp3) is 0.650. The fourth-order valence-corrected chi connectivity index (χ4v) is 5.61. The van der Waals surface area contributed by atoms with Crippen molar-refractivity contribution >= 4 is 33.3 Å². The van der Waals surface area contributed by atoms with Crippen LogP contribution in [0.15, 0.2) is 0 Å². The number of rotatable bonds is 3. The molecule has 2 saturated heterocycles. The summed E-state index contributed by atoms with van der Waals surface area (Å²) in [5.41, 5.74) is 0.929. The molecule has 0 amide bonds. The first-order valence-electron chi connectivity index (χ1n) is 10.0. The molecule has 2 aromatic heterocycles. The number of thiophene rings is 1. The first-order chi connectivity index (χ1) is 13.5. The van der Waals surface area contributed by atoms with E-state index in [9.17, 15) is 4.79 Å². The van der Waals surface area contributed by atoms with Gasteiger partial charge in [-0.15, -0.1) is 11.3 Å². The Morgan fingerprint density at radius 3 is 2.57 bits per heavy atom. The van der Waals surface area contributed by atoms with Crippen LogP contribution < -0.4 is 4.90 Å². The van der Waals surface area contributed by atoms with Crippen LogP contribution in [0.2, 0.25) is 0 Å². The van der Waals surface area contributed by atoms with Gasteiger partial charge in [-0.25, -0.2) is 14.8 Å². The number of ether oxygens (including phenoxy) is 1. The van der Waals surface area contributed by atoms with Crippen molar-refractivity contribution in [3.63, 3.8) is 0 Å². The highest BCUT2D eigenvalue weighted by atomic mass is 32.1. The largest absolute Gasteiger partial charge is 0.465 e. The number of methoxy groups -OCH3 is 1. The minimum Gasteiger partial charge on any atom is -0.465 e. The molecule has 2 aromatic rings. The van der Waals surface area contributed by atoms with E-state index >= 15 is 0 Å². The zero-order valence-electron chi connectivity index (χ0n) is 17.2. The highest BCUT2D eigenvalue weighted by Gasteiger charge is 2.29. The van der Waals surface area contributed by atoms with Gasteiger partial charge in [0.05, 0.1) is 12.5 Å². The Morgan fingerprint density at radius 2 is 1.89 bits per heavy atom. The molecule has 1 unspecified atom stereocenters. The van der Waals surface area contributed by atoms with Crippen LogP contribution in [0.1, 0.15) is 33.9 Å². The van der Waals surface area contributed by atoms with Gasteiger partial charge in [0.15, 0.2) is 0 Å². The summed E-state index contributed by atoms with van der Waals surface area (Å²) in [6, 6.07) is 0.668. The molecule has 2 aliphatic heterocycles. The Bertz CT molecular complexity index is 875. The lowest BCUT2D eigenvalue weighted by molar-refractivity contribution is 0.0605. The van der Waals surface area contributed by atoms with E-state index in [1.54, 1.807) is 0 Å². The quantitative estimate of drug-likeness (QED) is 0.729. The van der Waals surface area contributed by atoms with Crippen LogP contribution in [0.5, 0.6) is 0 Å². The number of piperazine rings is 1. The van der Waals surface area contributed by atoms with Crippen LogP contribution >= 0.6 is 11.3 Å². The molecule has 1 atom stereocenters. The number of likely N-dealkylation sites (tertiary alicyclic amines) is 1. The van der Waals surface area contributed by atoms with E-state index in [1.165, 1.54) is 44.4 Å². The van der Waals surface area contributed by atoms with Crippen molar-refractivity contribution in [1.82, 2.24) is 19.8 Å². The molecule has 2 aliphatic rings. The Kier molecular flexibility index (Phi) is 5.53. The molecule has 28 heavy (non-hydrogen) atoms. The summed E-state index contributed by atoms with van der Waals surface area (Å²) in [5, 5.41) is 1.00. The van der Waals surface area contributed by atoms with E-state index in [2.05, 4.69) is 26.7 Å². The van der Waals surface area contributed by atoms with Gasteiger partial charge >= 0.3 is 5.97 Å². The van der Waals surface area contributed by atoms with Crippen LogP contribution in [0.3, 0.4) is 0 Å². The minimum absolute atomic E-state index is 0.296. The molecule has 8 heteroatoms. The molecule has 0 aliphatic carbocycles. The van der Waals surface area contributed by atoms with Gasteiger partial charge in [0.25, 0.3) is 0 Å². The molecule has 4 rings (SSSR count). The van der Waals surface area contributed by atoms with E-state index in [4.69, 9.17) is 9.72 Å². The molecule has 0 aromatic carbocycles. The Labute approximate surface area is 170 Å². The molecule has 0 saturated carbocycles. The Hall–Kier alpha value is -1.77. The van der Waals surface area contributed by atoms with Crippen molar-refractivity contribution in [1.29, 1.82) is 0 Å². The summed E-state index contributed by atoms with van der Waals surface area (Å²) >= 11 is 1.40. The van der Waals surface area contributed by atoms with Crippen molar-refractivity contribution in [2.45, 2.75) is 32.7 Å². The number of piperidine rings is 1. The smallest absolute Gasteiger partial charge is 0.348 e. The maximum absolute atomic E-state index is 12.1. The lowest BCUT2D eigenvalue weighted by Gasteiger charge is -2.43. The molecule has 0 spiro atoms. The summed E-state index contributed by atoms with van der Waals surface area (Å²) in [7, 11) is 3.65. The Morgan fingerprint density at radius 1 is 1.14 bits per heavy atom. The molecule has 2 fully saturated rings. The van der Waals surface area contributed by atoms with E-state index in [0.29, 0.717) is 10.9 Å². The van der Waals surface area contributed by atoms with Gasteiger partial charge in [-0.2, -0.15) is 0 Å². The lowest BCUT2D eigenvalue weighted by atomic mass is 10.0. The number of anilines is 1. The summed E-state index contributed by atoms with van der Waals surface area (Å²) in [4.78, 5) is 30.4. The summed E-state index contributed by atoms with van der Waals surface area (Å²) < 4.78 is 4.95. The number of carbonyl (C=O) groups excluding carboxylic acids is 1. The summed E-state index contributed by atoms with van der Waals surface area (Å²) in [6.07, 6.45) is 2.59. The number of esters is 1. The first kappa shape index (κ1) is 19.5. The molecular weight excluding hydrogens is 374 g/mol. The molecule has 7 nitrogen and oxygen atoms in total. The first-order valence-corrected chi connectivity index (χ1v) is 10.8. The van der Waals surface area contributed by atoms with Crippen molar-refractivity contribution < 1.29 is 9.53 Å². The normalized spacial score (nSPS) is 22.0. The third-order valence-corrected chi connectivity index (χ3v) is 7.15.